The van der Waals surface area contributed by atoms with Crippen molar-refractivity contribution in [3.8, 4) is 0 Å². The van der Waals surface area contributed by atoms with Crippen LogP contribution in [-0.2, 0) is 24.4 Å². The van der Waals surface area contributed by atoms with E-state index in [9.17, 15) is 9.18 Å². The van der Waals surface area contributed by atoms with Crippen LogP contribution < -0.4 is 11.3 Å². The van der Waals surface area contributed by atoms with Gasteiger partial charge in [0.05, 0.1) is 29.6 Å². The van der Waals surface area contributed by atoms with Crippen LogP contribution in [0.2, 0.25) is 25.7 Å². The van der Waals surface area contributed by atoms with Gasteiger partial charge in [-0.1, -0.05) is 33.5 Å². The van der Waals surface area contributed by atoms with E-state index in [0.29, 0.717) is 17.9 Å². The van der Waals surface area contributed by atoms with Crippen LogP contribution in [0.25, 0.3) is 10.9 Å². The molecule has 2 N–H and O–H groups in total. The van der Waals surface area contributed by atoms with E-state index in [0.717, 1.165) is 29.4 Å². The van der Waals surface area contributed by atoms with E-state index in [4.69, 9.17) is 10.5 Å². The lowest BCUT2D eigenvalue weighted by Gasteiger charge is -2.18. The highest BCUT2D eigenvalue weighted by atomic mass is 28.3. The van der Waals surface area contributed by atoms with Gasteiger partial charge in [0.2, 0.25) is 0 Å². The lowest BCUT2D eigenvalue weighted by atomic mass is 10.1. The molecular weight excluding hydrogens is 411 g/mol. The fourth-order valence-corrected chi connectivity index (χ4v) is 4.32. The number of anilines is 1. The first-order valence-electron chi connectivity index (χ1n) is 10.7. The first-order valence-corrected chi connectivity index (χ1v) is 14.5. The number of ether oxygens (including phenoxy) is 1. The number of nitrogens with two attached hydrogens (primary N) is 1. The summed E-state index contributed by atoms with van der Waals surface area (Å²) >= 11 is 0. The maximum Gasteiger partial charge on any atom is 0.274 e. The van der Waals surface area contributed by atoms with Crippen LogP contribution in [0.15, 0.2) is 35.4 Å². The van der Waals surface area contributed by atoms with Gasteiger partial charge in [-0.3, -0.25) is 9.78 Å². The molecule has 3 aromatic heterocycles. The van der Waals surface area contributed by atoms with Crippen molar-refractivity contribution in [2.45, 2.75) is 59.2 Å². The molecule has 3 rings (SSSR count). The summed E-state index contributed by atoms with van der Waals surface area (Å²) in [6, 6.07) is 6.16. The summed E-state index contributed by atoms with van der Waals surface area (Å²) in [5.74, 6) is 0.00170. The first-order chi connectivity index (χ1) is 14.6. The summed E-state index contributed by atoms with van der Waals surface area (Å²) < 4.78 is 24.3. The Balaban J connectivity index is 2.05. The van der Waals surface area contributed by atoms with Crippen LogP contribution >= 0.6 is 0 Å². The molecule has 0 aliphatic carbocycles. The minimum absolute atomic E-state index is 0.185. The van der Waals surface area contributed by atoms with Crippen molar-refractivity contribution in [1.29, 1.82) is 0 Å². The molecule has 0 amide bonds. The Kier molecular flexibility index (Phi) is 7.01. The second kappa shape index (κ2) is 9.36. The molecule has 31 heavy (non-hydrogen) atoms. The third-order valence-corrected chi connectivity index (χ3v) is 6.95. The topological polar surface area (TPSA) is 75.1 Å². The van der Waals surface area contributed by atoms with Gasteiger partial charge in [0.25, 0.3) is 5.56 Å². The summed E-state index contributed by atoms with van der Waals surface area (Å²) in [5, 5.41) is 0.506. The monoisotopic (exact) mass is 444 g/mol. The maximum absolute atomic E-state index is 14.7. The van der Waals surface area contributed by atoms with E-state index >= 15 is 0 Å². The Morgan fingerprint density at radius 1 is 1.29 bits per heavy atom. The number of pyridine rings is 2. The Hall–Kier alpha value is -2.45. The molecule has 0 radical (unpaired) electrons. The normalized spacial score (nSPS) is 12.2. The van der Waals surface area contributed by atoms with E-state index in [-0.39, 0.29) is 30.3 Å². The van der Waals surface area contributed by atoms with Gasteiger partial charge in [-0.2, -0.15) is 0 Å². The maximum atomic E-state index is 14.7. The molecule has 0 aliphatic heterocycles. The molecule has 0 aliphatic rings. The molecule has 0 unspecified atom stereocenters. The van der Waals surface area contributed by atoms with Crippen molar-refractivity contribution in [3.05, 3.63) is 58.2 Å². The zero-order valence-corrected chi connectivity index (χ0v) is 20.1. The zero-order chi connectivity index (χ0) is 22.8. The van der Waals surface area contributed by atoms with Gasteiger partial charge in [0.15, 0.2) is 5.82 Å². The molecule has 168 valence electrons. The Morgan fingerprint density at radius 3 is 2.71 bits per heavy atom. The van der Waals surface area contributed by atoms with Gasteiger partial charge in [-0.15, -0.1) is 0 Å². The summed E-state index contributed by atoms with van der Waals surface area (Å²) in [5.41, 5.74) is 8.09. The molecule has 6 nitrogen and oxygen atoms in total. The molecule has 0 fully saturated rings. The number of fused-ring (bicyclic) bond motifs is 1. The molecule has 0 atom stereocenters. The molecule has 0 bridgehead atoms. The fourth-order valence-electron chi connectivity index (χ4n) is 3.56. The highest BCUT2D eigenvalue weighted by molar-refractivity contribution is 6.76. The molecule has 0 aromatic carbocycles. The Bertz CT molecular complexity index is 1120. The van der Waals surface area contributed by atoms with Crippen molar-refractivity contribution in [2.24, 2.45) is 5.92 Å². The highest BCUT2D eigenvalue weighted by Gasteiger charge is 2.19. The molecule has 8 heteroatoms. The van der Waals surface area contributed by atoms with E-state index in [1.165, 1.54) is 10.8 Å². The largest absolute Gasteiger partial charge is 0.394 e. The lowest BCUT2D eigenvalue weighted by molar-refractivity contribution is 0.0881. The number of aromatic nitrogens is 3. The summed E-state index contributed by atoms with van der Waals surface area (Å²) in [7, 11) is -1.23. The number of hydrogen-bond donors (Lipinski definition) is 1. The average molecular weight is 445 g/mol. The van der Waals surface area contributed by atoms with Gasteiger partial charge in [-0.25, -0.2) is 4.39 Å². The second-order valence-electron chi connectivity index (χ2n) is 9.72. The van der Waals surface area contributed by atoms with Gasteiger partial charge < -0.3 is 19.6 Å². The smallest absolute Gasteiger partial charge is 0.274 e. The number of rotatable bonds is 9. The van der Waals surface area contributed by atoms with Gasteiger partial charge in [-0.05, 0) is 36.6 Å². The zero-order valence-electron chi connectivity index (χ0n) is 19.1. The van der Waals surface area contributed by atoms with Crippen molar-refractivity contribution < 1.29 is 9.13 Å². The fraction of sp³-hybridized carbons (Fsp3) is 0.478. The molecule has 0 saturated carbocycles. The summed E-state index contributed by atoms with van der Waals surface area (Å²) in [4.78, 5) is 16.9. The van der Waals surface area contributed by atoms with Crippen molar-refractivity contribution in [2.75, 3.05) is 12.3 Å². The van der Waals surface area contributed by atoms with Crippen molar-refractivity contribution >= 4 is 24.7 Å². The van der Waals surface area contributed by atoms with E-state index in [1.54, 1.807) is 24.4 Å². The highest BCUT2D eigenvalue weighted by Crippen LogP contribution is 2.27. The minimum atomic E-state index is -1.23. The number of hydrogen-bond acceptors (Lipinski definition) is 4. The van der Waals surface area contributed by atoms with E-state index in [1.807, 2.05) is 4.57 Å². The molecule has 3 heterocycles. The van der Waals surface area contributed by atoms with E-state index < -0.39 is 8.07 Å². The number of nitrogens with zero attached hydrogens (tertiary/aromatic N) is 3. The molecule has 0 saturated heterocycles. The summed E-state index contributed by atoms with van der Waals surface area (Å²) in [6.45, 7) is 12.4. The summed E-state index contributed by atoms with van der Waals surface area (Å²) in [6.07, 6.45) is 3.71. The van der Waals surface area contributed by atoms with E-state index in [2.05, 4.69) is 38.5 Å². The van der Waals surface area contributed by atoms with Crippen molar-refractivity contribution in [3.63, 3.8) is 0 Å². The van der Waals surface area contributed by atoms with Gasteiger partial charge >= 0.3 is 0 Å². The number of nitrogen functional groups attached to an aromatic ring is 1. The standard InChI is InChI=1S/C23H33FN4O2Si/c1-16(2)11-21-22-18(19(24)13-26-21)12-17(14-27-8-6-7-20(25)23(27)29)28(22)15-30-9-10-31(3,4)5/h6-8,12-13,16H,9-11,14-15,25H2,1-5H3. The van der Waals surface area contributed by atoms with Gasteiger partial charge in [0.1, 0.15) is 6.73 Å². The van der Waals surface area contributed by atoms with Crippen LogP contribution in [0.3, 0.4) is 0 Å². The van der Waals surface area contributed by atoms with Crippen LogP contribution in [0.4, 0.5) is 10.1 Å². The SMILES string of the molecule is CC(C)Cc1ncc(F)c2cc(Cn3cccc(N)c3=O)n(COCC[Si](C)(C)C)c12. The van der Waals surface area contributed by atoms with Crippen LogP contribution in [0.1, 0.15) is 25.2 Å². The number of halogens is 1. The molecule has 0 spiro atoms. The second-order valence-corrected chi connectivity index (χ2v) is 15.3. The first kappa shape index (κ1) is 23.2. The minimum Gasteiger partial charge on any atom is -0.394 e. The van der Waals surface area contributed by atoms with Crippen LogP contribution in [0, 0.1) is 11.7 Å². The molecular formula is C23H33FN4O2Si. The quantitative estimate of drug-likeness (QED) is 0.390. The van der Waals surface area contributed by atoms with Gasteiger partial charge in [0, 0.05) is 32.0 Å². The third kappa shape index (κ3) is 5.62. The average Bonchev–Trinajstić information content (AvgIpc) is 3.03. The third-order valence-electron chi connectivity index (χ3n) is 5.25. The predicted molar refractivity (Wildman–Crippen MR) is 127 cm³/mol. The van der Waals surface area contributed by atoms with Crippen molar-refractivity contribution in [1.82, 2.24) is 14.1 Å². The predicted octanol–water partition coefficient (Wildman–Crippen LogP) is 4.48. The van der Waals surface area contributed by atoms with Crippen LogP contribution in [0.5, 0.6) is 0 Å². The van der Waals surface area contributed by atoms with Crippen LogP contribution in [-0.4, -0.2) is 28.8 Å². The molecule has 3 aromatic rings. The Labute approximate surface area is 183 Å². The lowest BCUT2D eigenvalue weighted by Crippen LogP contribution is -2.24. The Morgan fingerprint density at radius 2 is 2.03 bits per heavy atom.